The first-order valence-corrected chi connectivity index (χ1v) is 6.22. The van der Waals surface area contributed by atoms with Crippen LogP contribution in [0.3, 0.4) is 0 Å². The third kappa shape index (κ3) is 6.51. The summed E-state index contributed by atoms with van der Waals surface area (Å²) in [5, 5.41) is 6.93. The van der Waals surface area contributed by atoms with E-state index in [1.54, 1.807) is 10.9 Å². The molecule has 7 heteroatoms. The Labute approximate surface area is 136 Å². The van der Waals surface area contributed by atoms with E-state index in [9.17, 15) is 4.79 Å². The van der Waals surface area contributed by atoms with E-state index in [2.05, 4.69) is 10.4 Å². The summed E-state index contributed by atoms with van der Waals surface area (Å²) in [6.07, 6.45) is 4.73. The fourth-order valence-electron chi connectivity index (χ4n) is 1.84. The van der Waals surface area contributed by atoms with Gasteiger partial charge in [0, 0.05) is 25.5 Å². The molecule has 0 fully saturated rings. The Morgan fingerprint density at radius 1 is 1.24 bits per heavy atom. The number of carbonyl (C=O) groups excluding carboxylic acids is 1. The molecule has 0 bridgehead atoms. The molecule has 1 aromatic heterocycles. The van der Waals surface area contributed by atoms with Crippen molar-refractivity contribution in [1.29, 1.82) is 0 Å². The zero-order valence-electron chi connectivity index (χ0n) is 11.8. The van der Waals surface area contributed by atoms with E-state index in [0.29, 0.717) is 13.0 Å². The lowest BCUT2D eigenvalue weighted by molar-refractivity contribution is -0.120. The predicted molar refractivity (Wildman–Crippen MR) is 89.0 cm³/mol. The number of aryl methyl sites for hydroxylation is 1. The molecule has 2 rings (SSSR count). The number of nitrogens with one attached hydrogen (secondary N) is 1. The van der Waals surface area contributed by atoms with Crippen molar-refractivity contribution >= 4 is 36.4 Å². The van der Waals surface area contributed by atoms with Gasteiger partial charge in [-0.2, -0.15) is 5.10 Å². The van der Waals surface area contributed by atoms with Crippen molar-refractivity contribution in [2.45, 2.75) is 12.8 Å². The minimum atomic E-state index is 0. The molecular weight excluding hydrogens is 311 g/mol. The van der Waals surface area contributed by atoms with Gasteiger partial charge in [-0.05, 0) is 29.7 Å². The predicted octanol–water partition coefficient (Wildman–Crippen LogP) is 1.75. The number of anilines is 1. The third-order valence-corrected chi connectivity index (χ3v) is 2.84. The number of nitrogen functional groups attached to an aromatic ring is 1. The van der Waals surface area contributed by atoms with E-state index in [0.717, 1.165) is 23.2 Å². The Morgan fingerprint density at radius 3 is 2.48 bits per heavy atom. The largest absolute Gasteiger partial charge is 0.399 e. The molecule has 1 aromatic carbocycles. The van der Waals surface area contributed by atoms with E-state index in [1.807, 2.05) is 37.5 Å². The van der Waals surface area contributed by atoms with Crippen LogP contribution in [0.15, 0.2) is 36.7 Å². The van der Waals surface area contributed by atoms with Crippen molar-refractivity contribution in [3.05, 3.63) is 47.8 Å². The summed E-state index contributed by atoms with van der Waals surface area (Å²) in [5.74, 6) is 0.0171. The summed E-state index contributed by atoms with van der Waals surface area (Å²) >= 11 is 0. The molecule has 2 aromatic rings. The van der Waals surface area contributed by atoms with E-state index >= 15 is 0 Å². The van der Waals surface area contributed by atoms with Gasteiger partial charge in [0.05, 0.1) is 12.6 Å². The number of nitrogens with zero attached hydrogens (tertiary/aromatic N) is 2. The highest BCUT2D eigenvalue weighted by Gasteiger charge is 2.04. The average molecular weight is 331 g/mol. The molecule has 1 amide bonds. The minimum Gasteiger partial charge on any atom is -0.399 e. The van der Waals surface area contributed by atoms with E-state index in [-0.39, 0.29) is 30.7 Å². The van der Waals surface area contributed by atoms with Gasteiger partial charge < -0.3 is 11.1 Å². The summed E-state index contributed by atoms with van der Waals surface area (Å²) in [4.78, 5) is 11.7. The van der Waals surface area contributed by atoms with Gasteiger partial charge in [0.15, 0.2) is 0 Å². The smallest absolute Gasteiger partial charge is 0.224 e. The van der Waals surface area contributed by atoms with Crippen LogP contribution in [-0.2, 0) is 24.7 Å². The monoisotopic (exact) mass is 330 g/mol. The maximum Gasteiger partial charge on any atom is 0.224 e. The number of hydrogen-bond acceptors (Lipinski definition) is 3. The van der Waals surface area contributed by atoms with Crippen molar-refractivity contribution in [2.75, 3.05) is 12.3 Å². The normalized spacial score (nSPS) is 9.38. The molecule has 0 saturated carbocycles. The van der Waals surface area contributed by atoms with E-state index < -0.39 is 0 Å². The zero-order valence-corrected chi connectivity index (χ0v) is 13.4. The van der Waals surface area contributed by atoms with Crippen molar-refractivity contribution in [1.82, 2.24) is 15.1 Å². The van der Waals surface area contributed by atoms with Gasteiger partial charge >= 0.3 is 0 Å². The summed E-state index contributed by atoms with van der Waals surface area (Å²) in [6.45, 7) is 0.628. The summed E-state index contributed by atoms with van der Waals surface area (Å²) in [7, 11) is 1.84. The minimum absolute atomic E-state index is 0. The van der Waals surface area contributed by atoms with Crippen LogP contribution >= 0.6 is 24.8 Å². The SMILES string of the molecule is Cl.Cl.Cn1cc(CC(=O)NCCc2ccc(N)cc2)cn1. The standard InChI is InChI=1S/C14H18N4O.2ClH/c1-18-10-12(9-17-18)8-14(19)16-7-6-11-2-4-13(15)5-3-11;;/h2-5,9-10H,6-8,15H2,1H3,(H,16,19);2*1H. The van der Waals surface area contributed by atoms with Gasteiger partial charge in [0.2, 0.25) is 5.91 Å². The quantitative estimate of drug-likeness (QED) is 0.820. The number of rotatable bonds is 5. The van der Waals surface area contributed by atoms with Crippen LogP contribution in [0.4, 0.5) is 5.69 Å². The van der Waals surface area contributed by atoms with Crippen molar-refractivity contribution in [3.8, 4) is 0 Å². The second-order valence-corrected chi connectivity index (χ2v) is 4.54. The molecular formula is C14H20Cl2N4O. The van der Waals surface area contributed by atoms with Crippen LogP contribution in [0.2, 0.25) is 0 Å². The lowest BCUT2D eigenvalue weighted by atomic mass is 10.1. The first-order chi connectivity index (χ1) is 9.13. The highest BCUT2D eigenvalue weighted by molar-refractivity contribution is 5.85. The van der Waals surface area contributed by atoms with Crippen molar-refractivity contribution < 1.29 is 4.79 Å². The van der Waals surface area contributed by atoms with Crippen LogP contribution in [0.25, 0.3) is 0 Å². The van der Waals surface area contributed by atoms with E-state index in [4.69, 9.17) is 5.73 Å². The Balaban J connectivity index is 0.00000200. The van der Waals surface area contributed by atoms with Crippen LogP contribution < -0.4 is 11.1 Å². The molecule has 21 heavy (non-hydrogen) atoms. The van der Waals surface area contributed by atoms with Crippen LogP contribution in [0.5, 0.6) is 0 Å². The van der Waals surface area contributed by atoms with Gasteiger partial charge in [-0.3, -0.25) is 9.48 Å². The first-order valence-electron chi connectivity index (χ1n) is 6.22. The van der Waals surface area contributed by atoms with Gasteiger partial charge in [0.25, 0.3) is 0 Å². The molecule has 0 aliphatic rings. The fourth-order valence-corrected chi connectivity index (χ4v) is 1.84. The molecule has 0 aliphatic heterocycles. The number of benzene rings is 1. The Hall–Kier alpha value is -1.72. The van der Waals surface area contributed by atoms with Gasteiger partial charge in [0.1, 0.15) is 0 Å². The van der Waals surface area contributed by atoms with Gasteiger partial charge in [-0.1, -0.05) is 12.1 Å². The van der Waals surface area contributed by atoms with Crippen molar-refractivity contribution in [3.63, 3.8) is 0 Å². The Bertz CT molecular complexity index is 554. The first kappa shape index (κ1) is 19.3. The number of nitrogens with two attached hydrogens (primary N) is 1. The van der Waals surface area contributed by atoms with Crippen LogP contribution in [0.1, 0.15) is 11.1 Å². The molecule has 0 spiro atoms. The van der Waals surface area contributed by atoms with Crippen molar-refractivity contribution in [2.24, 2.45) is 7.05 Å². The summed E-state index contributed by atoms with van der Waals surface area (Å²) in [6, 6.07) is 7.69. The molecule has 0 atom stereocenters. The van der Waals surface area contributed by atoms with Gasteiger partial charge in [-0.25, -0.2) is 0 Å². The molecule has 0 radical (unpaired) electrons. The number of halogens is 2. The molecule has 0 aliphatic carbocycles. The summed E-state index contributed by atoms with van der Waals surface area (Å²) in [5.41, 5.74) is 8.45. The third-order valence-electron chi connectivity index (χ3n) is 2.84. The topological polar surface area (TPSA) is 72.9 Å². The fraction of sp³-hybridized carbons (Fsp3) is 0.286. The van der Waals surface area contributed by atoms with Crippen LogP contribution in [0, 0.1) is 0 Å². The molecule has 3 N–H and O–H groups in total. The second-order valence-electron chi connectivity index (χ2n) is 4.54. The van der Waals surface area contributed by atoms with Crippen LogP contribution in [-0.4, -0.2) is 22.2 Å². The molecule has 1 heterocycles. The van der Waals surface area contributed by atoms with Gasteiger partial charge in [-0.15, -0.1) is 24.8 Å². The Morgan fingerprint density at radius 2 is 1.90 bits per heavy atom. The maximum atomic E-state index is 11.7. The molecule has 116 valence electrons. The zero-order chi connectivity index (χ0) is 13.7. The number of carbonyl (C=O) groups is 1. The maximum absolute atomic E-state index is 11.7. The highest BCUT2D eigenvalue weighted by Crippen LogP contribution is 2.05. The van der Waals surface area contributed by atoms with E-state index in [1.165, 1.54) is 0 Å². The Kier molecular flexibility index (Phi) is 8.50. The average Bonchev–Trinajstić information content (AvgIpc) is 2.77. The highest BCUT2D eigenvalue weighted by atomic mass is 35.5. The summed E-state index contributed by atoms with van der Waals surface area (Å²) < 4.78 is 1.69. The lowest BCUT2D eigenvalue weighted by Gasteiger charge is -2.05. The molecule has 5 nitrogen and oxygen atoms in total. The second kappa shape index (κ2) is 9.26. The molecule has 0 unspecified atom stereocenters. The molecule has 0 saturated heterocycles. The number of aromatic nitrogens is 2. The lowest BCUT2D eigenvalue weighted by Crippen LogP contribution is -2.27. The number of amides is 1. The number of hydrogen-bond donors (Lipinski definition) is 2.